The Morgan fingerprint density at radius 1 is 1.04 bits per heavy atom. The standard InChI is InChI=1S/C20H23BrFNO2/c21-17-6-7-20(19(22)14-17)23-10-8-18(9-11-23)25-13-12-24-15-16-4-2-1-3-5-16/h1-7,14,18H,8-13,15H2. The Labute approximate surface area is 156 Å². The Morgan fingerprint density at radius 3 is 2.52 bits per heavy atom. The fourth-order valence-electron chi connectivity index (χ4n) is 3.04. The van der Waals surface area contributed by atoms with Crippen molar-refractivity contribution in [1.29, 1.82) is 0 Å². The maximum absolute atomic E-state index is 14.0. The van der Waals surface area contributed by atoms with Gasteiger partial charge in [-0.25, -0.2) is 4.39 Å². The first-order chi connectivity index (χ1) is 12.2. The van der Waals surface area contributed by atoms with Gasteiger partial charge in [0.05, 0.1) is 31.6 Å². The minimum atomic E-state index is -0.178. The number of ether oxygens (including phenoxy) is 2. The molecular weight excluding hydrogens is 385 g/mol. The SMILES string of the molecule is Fc1cc(Br)ccc1N1CCC(OCCOCc2ccccc2)CC1. The summed E-state index contributed by atoms with van der Waals surface area (Å²) in [7, 11) is 0. The molecule has 0 unspecified atom stereocenters. The molecule has 134 valence electrons. The molecule has 0 bridgehead atoms. The molecule has 0 atom stereocenters. The first-order valence-corrected chi connectivity index (χ1v) is 9.45. The third kappa shape index (κ3) is 5.53. The van der Waals surface area contributed by atoms with Crippen LogP contribution in [0.3, 0.4) is 0 Å². The van der Waals surface area contributed by atoms with Crippen LogP contribution in [0.1, 0.15) is 18.4 Å². The molecule has 0 amide bonds. The van der Waals surface area contributed by atoms with Gasteiger partial charge in [-0.2, -0.15) is 0 Å². The lowest BCUT2D eigenvalue weighted by molar-refractivity contribution is -0.00862. The van der Waals surface area contributed by atoms with Gasteiger partial charge in [-0.05, 0) is 36.6 Å². The van der Waals surface area contributed by atoms with Crippen molar-refractivity contribution in [2.24, 2.45) is 0 Å². The van der Waals surface area contributed by atoms with Crippen LogP contribution in [0.5, 0.6) is 0 Å². The van der Waals surface area contributed by atoms with Crippen LogP contribution in [0.25, 0.3) is 0 Å². The highest BCUT2D eigenvalue weighted by molar-refractivity contribution is 9.10. The summed E-state index contributed by atoms with van der Waals surface area (Å²) < 4.78 is 26.3. The summed E-state index contributed by atoms with van der Waals surface area (Å²) >= 11 is 3.30. The molecule has 1 aliphatic rings. The van der Waals surface area contributed by atoms with Crippen LogP contribution in [0.4, 0.5) is 10.1 Å². The van der Waals surface area contributed by atoms with E-state index in [9.17, 15) is 4.39 Å². The third-order valence-corrected chi connectivity index (χ3v) is 4.88. The molecule has 0 aliphatic carbocycles. The number of rotatable bonds is 7. The van der Waals surface area contributed by atoms with Crippen molar-refractivity contribution in [2.45, 2.75) is 25.6 Å². The molecule has 0 spiro atoms. The van der Waals surface area contributed by atoms with Crippen molar-refractivity contribution >= 4 is 21.6 Å². The van der Waals surface area contributed by atoms with E-state index >= 15 is 0 Å². The minimum Gasteiger partial charge on any atom is -0.376 e. The molecule has 2 aromatic carbocycles. The number of benzene rings is 2. The van der Waals surface area contributed by atoms with Crippen molar-refractivity contribution in [1.82, 2.24) is 0 Å². The number of hydrogen-bond donors (Lipinski definition) is 0. The van der Waals surface area contributed by atoms with E-state index in [4.69, 9.17) is 9.47 Å². The lowest BCUT2D eigenvalue weighted by Crippen LogP contribution is -2.37. The van der Waals surface area contributed by atoms with E-state index in [0.29, 0.717) is 25.5 Å². The van der Waals surface area contributed by atoms with Gasteiger partial charge in [0.25, 0.3) is 0 Å². The lowest BCUT2D eigenvalue weighted by atomic mass is 10.1. The lowest BCUT2D eigenvalue weighted by Gasteiger charge is -2.33. The molecule has 0 radical (unpaired) electrons. The molecule has 5 heteroatoms. The second-order valence-electron chi connectivity index (χ2n) is 6.19. The van der Waals surface area contributed by atoms with E-state index in [-0.39, 0.29) is 11.9 Å². The van der Waals surface area contributed by atoms with Crippen LogP contribution in [0, 0.1) is 5.82 Å². The highest BCUT2D eigenvalue weighted by Gasteiger charge is 2.21. The molecule has 1 aliphatic heterocycles. The Hall–Kier alpha value is -1.43. The maximum atomic E-state index is 14.0. The monoisotopic (exact) mass is 407 g/mol. The normalized spacial score (nSPS) is 15.5. The van der Waals surface area contributed by atoms with Crippen molar-refractivity contribution in [3.8, 4) is 0 Å². The summed E-state index contributed by atoms with van der Waals surface area (Å²) in [5, 5.41) is 0. The molecule has 0 aromatic heterocycles. The summed E-state index contributed by atoms with van der Waals surface area (Å²) in [5.41, 5.74) is 1.85. The smallest absolute Gasteiger partial charge is 0.147 e. The zero-order chi connectivity index (χ0) is 17.5. The van der Waals surface area contributed by atoms with Crippen molar-refractivity contribution < 1.29 is 13.9 Å². The van der Waals surface area contributed by atoms with Gasteiger partial charge < -0.3 is 14.4 Å². The first-order valence-electron chi connectivity index (χ1n) is 8.65. The molecule has 1 heterocycles. The molecule has 3 nitrogen and oxygen atoms in total. The average molecular weight is 408 g/mol. The van der Waals surface area contributed by atoms with Crippen molar-refractivity contribution in [3.05, 3.63) is 64.4 Å². The highest BCUT2D eigenvalue weighted by Crippen LogP contribution is 2.26. The predicted molar refractivity (Wildman–Crippen MR) is 101 cm³/mol. The fraction of sp³-hybridized carbons (Fsp3) is 0.400. The van der Waals surface area contributed by atoms with Crippen molar-refractivity contribution in [2.75, 3.05) is 31.2 Å². The van der Waals surface area contributed by atoms with E-state index < -0.39 is 0 Å². The van der Waals surface area contributed by atoms with Crippen LogP contribution in [0.2, 0.25) is 0 Å². The Bertz CT molecular complexity index is 660. The number of anilines is 1. The quantitative estimate of drug-likeness (QED) is 0.615. The van der Waals surface area contributed by atoms with Gasteiger partial charge in [-0.3, -0.25) is 0 Å². The Kier molecular flexibility index (Phi) is 6.84. The van der Waals surface area contributed by atoms with E-state index in [1.165, 1.54) is 11.6 Å². The fourth-order valence-corrected chi connectivity index (χ4v) is 3.37. The van der Waals surface area contributed by atoms with E-state index in [1.807, 2.05) is 30.3 Å². The van der Waals surface area contributed by atoms with Gasteiger partial charge in [-0.1, -0.05) is 46.3 Å². The number of nitrogens with zero attached hydrogens (tertiary/aromatic N) is 1. The van der Waals surface area contributed by atoms with Crippen LogP contribution >= 0.6 is 15.9 Å². The maximum Gasteiger partial charge on any atom is 0.147 e. The Balaban J connectivity index is 1.34. The topological polar surface area (TPSA) is 21.7 Å². The van der Waals surface area contributed by atoms with Gasteiger partial charge in [0, 0.05) is 17.6 Å². The number of hydrogen-bond acceptors (Lipinski definition) is 3. The van der Waals surface area contributed by atoms with Crippen LogP contribution in [0.15, 0.2) is 53.0 Å². The summed E-state index contributed by atoms with van der Waals surface area (Å²) in [6, 6.07) is 15.4. The molecule has 25 heavy (non-hydrogen) atoms. The third-order valence-electron chi connectivity index (χ3n) is 4.39. The molecular formula is C20H23BrFNO2. The van der Waals surface area contributed by atoms with Crippen LogP contribution < -0.4 is 4.90 Å². The van der Waals surface area contributed by atoms with E-state index in [1.54, 1.807) is 0 Å². The summed E-state index contributed by atoms with van der Waals surface area (Å²) in [4.78, 5) is 2.09. The van der Waals surface area contributed by atoms with Gasteiger partial charge >= 0.3 is 0 Å². The number of piperidine rings is 1. The van der Waals surface area contributed by atoms with Crippen LogP contribution in [-0.2, 0) is 16.1 Å². The molecule has 2 aromatic rings. The van der Waals surface area contributed by atoms with Crippen LogP contribution in [-0.4, -0.2) is 32.4 Å². The van der Waals surface area contributed by atoms with E-state index in [0.717, 1.165) is 30.4 Å². The summed E-state index contributed by atoms with van der Waals surface area (Å²) in [6.07, 6.45) is 2.05. The zero-order valence-electron chi connectivity index (χ0n) is 14.2. The molecule has 3 rings (SSSR count). The Morgan fingerprint density at radius 2 is 1.80 bits per heavy atom. The van der Waals surface area contributed by atoms with E-state index in [2.05, 4.69) is 33.0 Å². The summed E-state index contributed by atoms with van der Waals surface area (Å²) in [6.45, 7) is 3.44. The molecule has 0 N–H and O–H groups in total. The highest BCUT2D eigenvalue weighted by atomic mass is 79.9. The second kappa shape index (κ2) is 9.32. The largest absolute Gasteiger partial charge is 0.376 e. The van der Waals surface area contributed by atoms with Crippen molar-refractivity contribution in [3.63, 3.8) is 0 Å². The molecule has 1 saturated heterocycles. The van der Waals surface area contributed by atoms with Gasteiger partial charge in [0.15, 0.2) is 0 Å². The van der Waals surface area contributed by atoms with Gasteiger partial charge in [-0.15, -0.1) is 0 Å². The molecule has 0 saturated carbocycles. The van der Waals surface area contributed by atoms with Gasteiger partial charge in [0.1, 0.15) is 5.82 Å². The number of halogens is 2. The zero-order valence-corrected chi connectivity index (χ0v) is 15.8. The average Bonchev–Trinajstić information content (AvgIpc) is 2.63. The first kappa shape index (κ1) is 18.4. The predicted octanol–water partition coefficient (Wildman–Crippen LogP) is 4.79. The van der Waals surface area contributed by atoms with Gasteiger partial charge in [0.2, 0.25) is 0 Å². The minimum absolute atomic E-state index is 0.178. The molecule has 1 fully saturated rings. The summed E-state index contributed by atoms with van der Waals surface area (Å²) in [5.74, 6) is -0.178. The second-order valence-corrected chi connectivity index (χ2v) is 7.11.